The molecule has 1 aromatic carbocycles. The zero-order chi connectivity index (χ0) is 19.8. The number of fused-ring (bicyclic) bond motifs is 1. The molecule has 1 aromatic heterocycles. The van der Waals surface area contributed by atoms with E-state index in [2.05, 4.69) is 5.10 Å². The summed E-state index contributed by atoms with van der Waals surface area (Å²) in [7, 11) is 0. The number of ether oxygens (including phenoxy) is 1. The number of nitrogens with zero attached hydrogens (tertiary/aromatic N) is 3. The Morgan fingerprint density at radius 3 is 2.57 bits per heavy atom. The van der Waals surface area contributed by atoms with Gasteiger partial charge in [0.25, 0.3) is 0 Å². The van der Waals surface area contributed by atoms with Crippen LogP contribution in [0.4, 0.5) is 9.18 Å². The number of carbonyl (C=O) groups is 2. The van der Waals surface area contributed by atoms with Crippen LogP contribution < -0.4 is 0 Å². The number of halogens is 2. The molecule has 1 saturated carbocycles. The van der Waals surface area contributed by atoms with Crippen molar-refractivity contribution >= 4 is 23.6 Å². The third-order valence-corrected chi connectivity index (χ3v) is 5.61. The molecule has 0 bridgehead atoms. The van der Waals surface area contributed by atoms with E-state index in [0.29, 0.717) is 42.1 Å². The SMILES string of the molecule is O=C(O)c1ccn(C(=O)N2CC3CC(OCc4cc(F)cc(Cl)c4)CC3C2)n1. The zero-order valence-corrected chi connectivity index (χ0v) is 15.7. The normalized spacial score (nSPS) is 23.8. The van der Waals surface area contributed by atoms with Gasteiger partial charge >= 0.3 is 12.0 Å². The first-order valence-electron chi connectivity index (χ1n) is 9.04. The van der Waals surface area contributed by atoms with Gasteiger partial charge in [-0.05, 0) is 54.5 Å². The van der Waals surface area contributed by atoms with Crippen LogP contribution in [-0.2, 0) is 11.3 Å². The van der Waals surface area contributed by atoms with Gasteiger partial charge in [0.15, 0.2) is 5.69 Å². The van der Waals surface area contributed by atoms with Crippen LogP contribution >= 0.6 is 11.6 Å². The molecule has 1 amide bonds. The average Bonchev–Trinajstić information content (AvgIpc) is 3.33. The molecule has 2 unspecified atom stereocenters. The van der Waals surface area contributed by atoms with E-state index in [0.717, 1.165) is 17.5 Å². The fourth-order valence-corrected chi connectivity index (χ4v) is 4.38. The second kappa shape index (κ2) is 7.52. The van der Waals surface area contributed by atoms with E-state index < -0.39 is 5.97 Å². The van der Waals surface area contributed by atoms with Gasteiger partial charge in [0, 0.05) is 24.3 Å². The maximum atomic E-state index is 13.4. The number of benzene rings is 1. The molecule has 2 heterocycles. The molecule has 1 aliphatic heterocycles. The van der Waals surface area contributed by atoms with Crippen LogP contribution in [0.25, 0.3) is 0 Å². The fraction of sp³-hybridized carbons (Fsp3) is 0.421. The van der Waals surface area contributed by atoms with E-state index in [1.54, 1.807) is 11.0 Å². The first-order chi connectivity index (χ1) is 13.4. The molecule has 0 spiro atoms. The molecule has 9 heteroatoms. The number of carbonyl (C=O) groups excluding carboxylic acids is 1. The smallest absolute Gasteiger partial charge is 0.356 e. The van der Waals surface area contributed by atoms with E-state index in [4.69, 9.17) is 21.4 Å². The Hall–Kier alpha value is -2.45. The lowest BCUT2D eigenvalue weighted by atomic mass is 10.0. The Balaban J connectivity index is 1.30. The lowest BCUT2D eigenvalue weighted by Gasteiger charge is -2.19. The highest BCUT2D eigenvalue weighted by atomic mass is 35.5. The summed E-state index contributed by atoms with van der Waals surface area (Å²) in [5, 5.41) is 13.1. The van der Waals surface area contributed by atoms with Gasteiger partial charge in [-0.2, -0.15) is 9.78 Å². The van der Waals surface area contributed by atoms with Gasteiger partial charge < -0.3 is 14.7 Å². The van der Waals surface area contributed by atoms with Crippen LogP contribution in [0.5, 0.6) is 0 Å². The summed E-state index contributed by atoms with van der Waals surface area (Å²) in [6.07, 6.45) is 3.10. The van der Waals surface area contributed by atoms with Crippen molar-refractivity contribution in [3.8, 4) is 0 Å². The molecule has 148 valence electrons. The summed E-state index contributed by atoms with van der Waals surface area (Å²) in [5.74, 6) is -0.878. The topological polar surface area (TPSA) is 84.7 Å². The standard InChI is InChI=1S/C19H19ClFN3O4/c20-14-3-11(4-15(21)7-14)10-28-16-5-12-8-23(9-13(12)6-16)19(27)24-2-1-17(22-24)18(25)26/h1-4,7,12-13,16H,5-6,8-10H2,(H,25,26). The van der Waals surface area contributed by atoms with Crippen LogP contribution in [0, 0.1) is 17.7 Å². The molecule has 2 fully saturated rings. The highest BCUT2D eigenvalue weighted by Gasteiger charge is 2.43. The summed E-state index contributed by atoms with van der Waals surface area (Å²) >= 11 is 5.87. The van der Waals surface area contributed by atoms with Crippen molar-refractivity contribution in [2.24, 2.45) is 11.8 Å². The number of carboxylic acids is 1. The molecule has 28 heavy (non-hydrogen) atoms. The molecule has 1 saturated heterocycles. The molecule has 1 aliphatic carbocycles. The van der Waals surface area contributed by atoms with Crippen molar-refractivity contribution < 1.29 is 23.8 Å². The van der Waals surface area contributed by atoms with Gasteiger partial charge in [-0.15, -0.1) is 0 Å². The van der Waals surface area contributed by atoms with Crippen molar-refractivity contribution in [3.05, 3.63) is 52.6 Å². The Labute approximate surface area is 165 Å². The number of hydrogen-bond acceptors (Lipinski definition) is 4. The van der Waals surface area contributed by atoms with Crippen molar-refractivity contribution in [1.29, 1.82) is 0 Å². The van der Waals surface area contributed by atoms with Gasteiger partial charge in [0.2, 0.25) is 0 Å². The van der Waals surface area contributed by atoms with E-state index in [1.165, 1.54) is 24.4 Å². The number of likely N-dealkylation sites (tertiary alicyclic amines) is 1. The van der Waals surface area contributed by atoms with Gasteiger partial charge in [0.1, 0.15) is 5.82 Å². The summed E-state index contributed by atoms with van der Waals surface area (Å²) in [6.45, 7) is 1.49. The van der Waals surface area contributed by atoms with Crippen LogP contribution in [-0.4, -0.2) is 51.0 Å². The van der Waals surface area contributed by atoms with E-state index in [9.17, 15) is 14.0 Å². The Morgan fingerprint density at radius 1 is 1.25 bits per heavy atom. The van der Waals surface area contributed by atoms with Gasteiger partial charge in [-0.3, -0.25) is 0 Å². The predicted molar refractivity (Wildman–Crippen MR) is 97.8 cm³/mol. The number of rotatable bonds is 4. The lowest BCUT2D eigenvalue weighted by Crippen LogP contribution is -2.34. The third-order valence-electron chi connectivity index (χ3n) is 5.39. The van der Waals surface area contributed by atoms with Gasteiger partial charge in [0.05, 0.1) is 12.7 Å². The maximum absolute atomic E-state index is 13.4. The van der Waals surface area contributed by atoms with Crippen molar-refractivity contribution in [2.75, 3.05) is 13.1 Å². The Kier molecular flexibility index (Phi) is 5.07. The molecule has 1 N–H and O–H groups in total. The van der Waals surface area contributed by atoms with Crippen molar-refractivity contribution in [2.45, 2.75) is 25.6 Å². The molecule has 2 aliphatic rings. The number of hydrogen-bond donors (Lipinski definition) is 1. The number of amides is 1. The second-order valence-electron chi connectivity index (χ2n) is 7.34. The third kappa shape index (κ3) is 3.88. The summed E-state index contributed by atoms with van der Waals surface area (Å²) in [4.78, 5) is 25.1. The predicted octanol–water partition coefficient (Wildman–Crippen LogP) is 3.27. The van der Waals surface area contributed by atoms with Crippen LogP contribution in [0.2, 0.25) is 5.02 Å². The lowest BCUT2D eigenvalue weighted by molar-refractivity contribution is 0.0382. The van der Waals surface area contributed by atoms with Crippen LogP contribution in [0.1, 0.15) is 28.9 Å². The molecular formula is C19H19ClFN3O4. The summed E-state index contributed by atoms with van der Waals surface area (Å²) in [5.41, 5.74) is 0.547. The fourth-order valence-electron chi connectivity index (χ4n) is 4.13. The van der Waals surface area contributed by atoms with Crippen LogP contribution in [0.3, 0.4) is 0 Å². The molecule has 4 rings (SSSR count). The minimum atomic E-state index is -1.16. The minimum Gasteiger partial charge on any atom is -0.476 e. The largest absolute Gasteiger partial charge is 0.476 e. The molecule has 0 radical (unpaired) electrons. The average molecular weight is 408 g/mol. The first kappa shape index (κ1) is 18.9. The molecule has 2 atom stereocenters. The van der Waals surface area contributed by atoms with Crippen molar-refractivity contribution in [3.63, 3.8) is 0 Å². The summed E-state index contributed by atoms with van der Waals surface area (Å²) < 4.78 is 20.4. The second-order valence-corrected chi connectivity index (χ2v) is 7.78. The quantitative estimate of drug-likeness (QED) is 0.840. The van der Waals surface area contributed by atoms with Crippen molar-refractivity contribution in [1.82, 2.24) is 14.7 Å². The van der Waals surface area contributed by atoms with Crippen LogP contribution in [0.15, 0.2) is 30.5 Å². The molecular weight excluding hydrogens is 389 g/mol. The Bertz CT molecular complexity index is 884. The molecule has 2 aromatic rings. The van der Waals surface area contributed by atoms with Gasteiger partial charge in [-0.25, -0.2) is 14.0 Å². The highest BCUT2D eigenvalue weighted by molar-refractivity contribution is 6.30. The Morgan fingerprint density at radius 2 is 1.96 bits per heavy atom. The molecule has 7 nitrogen and oxygen atoms in total. The number of carboxylic acid groups (broad SMARTS) is 1. The number of aromatic carboxylic acids is 1. The van der Waals surface area contributed by atoms with Gasteiger partial charge in [-0.1, -0.05) is 11.6 Å². The monoisotopic (exact) mass is 407 g/mol. The number of aromatic nitrogens is 2. The summed E-state index contributed by atoms with van der Waals surface area (Å²) in [6, 6.07) is 5.36. The highest BCUT2D eigenvalue weighted by Crippen LogP contribution is 2.40. The zero-order valence-electron chi connectivity index (χ0n) is 14.9. The van der Waals surface area contributed by atoms with E-state index in [1.807, 2.05) is 0 Å². The maximum Gasteiger partial charge on any atom is 0.356 e. The van der Waals surface area contributed by atoms with E-state index >= 15 is 0 Å². The first-order valence-corrected chi connectivity index (χ1v) is 9.41. The minimum absolute atomic E-state index is 0.0672. The van der Waals surface area contributed by atoms with E-state index in [-0.39, 0.29) is 23.6 Å².